The zero-order valence-corrected chi connectivity index (χ0v) is 18.1. The standard InChI is InChI=1S/C21H20F2N6O2S/c1-13(31-2)19(30)29-21(11-26-20(25)27-12-24,14-6-4-3-5-7-14)32-18(28-29)16-10-15(22)8-9-17(16)23/h3-10,13H,11H2,1-2H3,(H3,25,26,27)/t13-,21?/m0/s1. The third-order valence-corrected chi connectivity index (χ3v) is 6.11. The Labute approximate surface area is 187 Å². The highest BCUT2D eigenvalue weighted by molar-refractivity contribution is 8.15. The third-order valence-electron chi connectivity index (χ3n) is 4.74. The largest absolute Gasteiger partial charge is 0.372 e. The molecule has 166 valence electrons. The smallest absolute Gasteiger partial charge is 0.273 e. The van der Waals surface area contributed by atoms with Crippen molar-refractivity contribution in [3.8, 4) is 6.19 Å². The molecule has 0 bridgehead atoms. The second-order valence-corrected chi connectivity index (χ2v) is 8.01. The Balaban J connectivity index is 2.18. The molecule has 0 aliphatic carbocycles. The Kier molecular flexibility index (Phi) is 7.07. The highest BCUT2D eigenvalue weighted by Crippen LogP contribution is 2.48. The lowest BCUT2D eigenvalue weighted by Gasteiger charge is -2.35. The van der Waals surface area contributed by atoms with Crippen LogP contribution in [0.4, 0.5) is 8.78 Å². The zero-order chi connectivity index (χ0) is 23.3. The lowest BCUT2D eigenvalue weighted by Crippen LogP contribution is -2.48. The minimum Gasteiger partial charge on any atom is -0.372 e. The Morgan fingerprint density at radius 2 is 2.09 bits per heavy atom. The number of carbonyl (C=O) groups is 1. The van der Waals surface area contributed by atoms with Gasteiger partial charge in [-0.1, -0.05) is 42.1 Å². The third kappa shape index (κ3) is 4.56. The molecule has 8 nitrogen and oxygen atoms in total. The number of hydrogen-bond donors (Lipinski definition) is 2. The first kappa shape index (κ1) is 23.2. The van der Waals surface area contributed by atoms with Crippen LogP contribution in [0.5, 0.6) is 0 Å². The Morgan fingerprint density at radius 1 is 1.38 bits per heavy atom. The summed E-state index contributed by atoms with van der Waals surface area (Å²) >= 11 is 1.03. The van der Waals surface area contributed by atoms with Crippen LogP contribution < -0.4 is 11.1 Å². The van der Waals surface area contributed by atoms with E-state index in [1.54, 1.807) is 43.4 Å². The number of nitrogens with zero attached hydrogens (tertiary/aromatic N) is 4. The first-order valence-corrected chi connectivity index (χ1v) is 10.2. The van der Waals surface area contributed by atoms with E-state index in [1.807, 2.05) is 0 Å². The molecule has 3 N–H and O–H groups in total. The summed E-state index contributed by atoms with van der Waals surface area (Å²) in [5.41, 5.74) is 6.25. The van der Waals surface area contributed by atoms with Crippen molar-refractivity contribution in [2.45, 2.75) is 17.9 Å². The molecule has 3 rings (SSSR count). The monoisotopic (exact) mass is 458 g/mol. The molecule has 1 aliphatic heterocycles. The van der Waals surface area contributed by atoms with Crippen LogP contribution in [0.2, 0.25) is 0 Å². The van der Waals surface area contributed by atoms with Gasteiger partial charge in [-0.25, -0.2) is 18.8 Å². The van der Waals surface area contributed by atoms with Crippen molar-refractivity contribution >= 4 is 28.7 Å². The number of hydrazone groups is 1. The predicted molar refractivity (Wildman–Crippen MR) is 117 cm³/mol. The number of hydrogen-bond acceptors (Lipinski definition) is 6. The summed E-state index contributed by atoms with van der Waals surface area (Å²) in [6.45, 7) is 1.42. The van der Waals surface area contributed by atoms with Crippen molar-refractivity contribution in [3.63, 3.8) is 0 Å². The van der Waals surface area contributed by atoms with Crippen LogP contribution in [-0.2, 0) is 14.4 Å². The number of thioether (sulfide) groups is 1. The molecular formula is C21H20F2N6O2S. The topological polar surface area (TPSA) is 116 Å². The fourth-order valence-corrected chi connectivity index (χ4v) is 4.33. The highest BCUT2D eigenvalue weighted by atomic mass is 32.2. The van der Waals surface area contributed by atoms with E-state index in [-0.39, 0.29) is 23.1 Å². The summed E-state index contributed by atoms with van der Waals surface area (Å²) in [5.74, 6) is -2.02. The van der Waals surface area contributed by atoms with Crippen molar-refractivity contribution in [2.75, 3.05) is 13.7 Å². The summed E-state index contributed by atoms with van der Waals surface area (Å²) in [4.78, 5) is 16.1. The van der Waals surface area contributed by atoms with Gasteiger partial charge in [-0.15, -0.1) is 0 Å². The van der Waals surface area contributed by atoms with Crippen LogP contribution in [-0.4, -0.2) is 41.7 Å². The molecule has 32 heavy (non-hydrogen) atoms. The second kappa shape index (κ2) is 9.76. The molecule has 0 saturated heterocycles. The maximum Gasteiger partial charge on any atom is 0.273 e. The molecule has 0 radical (unpaired) electrons. The van der Waals surface area contributed by atoms with Crippen LogP contribution in [0.25, 0.3) is 0 Å². The maximum atomic E-state index is 14.6. The molecule has 2 aromatic carbocycles. The molecular weight excluding hydrogens is 438 g/mol. The van der Waals surface area contributed by atoms with Crippen molar-refractivity contribution in [3.05, 3.63) is 71.3 Å². The average Bonchev–Trinajstić information content (AvgIpc) is 3.19. The Hall–Kier alpha value is -3.49. The van der Waals surface area contributed by atoms with E-state index in [0.29, 0.717) is 5.56 Å². The summed E-state index contributed by atoms with van der Waals surface area (Å²) < 4.78 is 33.6. The maximum absolute atomic E-state index is 14.6. The van der Waals surface area contributed by atoms with Gasteiger partial charge in [0.15, 0.2) is 11.1 Å². The Bertz CT molecular complexity index is 1110. The molecule has 1 aliphatic rings. The second-order valence-electron chi connectivity index (χ2n) is 6.75. The number of aliphatic imine (C=N–C) groups is 1. The molecule has 2 aromatic rings. The predicted octanol–water partition coefficient (Wildman–Crippen LogP) is 2.48. The summed E-state index contributed by atoms with van der Waals surface area (Å²) in [6, 6.07) is 11.8. The van der Waals surface area contributed by atoms with Crippen molar-refractivity contribution in [2.24, 2.45) is 15.8 Å². The van der Waals surface area contributed by atoms with Gasteiger partial charge in [0, 0.05) is 12.7 Å². The number of carbonyl (C=O) groups excluding carboxylic acids is 1. The summed E-state index contributed by atoms with van der Waals surface area (Å²) in [5, 5.41) is 16.6. The van der Waals surface area contributed by atoms with Gasteiger partial charge in [0.2, 0.25) is 5.96 Å². The number of methoxy groups -OCH3 is 1. The lowest BCUT2D eigenvalue weighted by molar-refractivity contribution is -0.144. The lowest BCUT2D eigenvalue weighted by atomic mass is 10.1. The van der Waals surface area contributed by atoms with Gasteiger partial charge in [-0.05, 0) is 30.7 Å². The van der Waals surface area contributed by atoms with Gasteiger partial charge in [0.1, 0.15) is 22.8 Å². The number of ether oxygens (including phenoxy) is 1. The molecule has 0 fully saturated rings. The van der Waals surface area contributed by atoms with Gasteiger partial charge in [0.05, 0.1) is 6.54 Å². The summed E-state index contributed by atoms with van der Waals surface area (Å²) in [6.07, 6.45) is 0.795. The van der Waals surface area contributed by atoms with Gasteiger partial charge in [0.25, 0.3) is 5.91 Å². The molecule has 11 heteroatoms. The average molecular weight is 458 g/mol. The molecule has 0 aromatic heterocycles. The number of nitriles is 1. The van der Waals surface area contributed by atoms with Crippen LogP contribution in [0.3, 0.4) is 0 Å². The first-order valence-electron chi connectivity index (χ1n) is 9.43. The number of guanidine groups is 1. The van der Waals surface area contributed by atoms with Crippen molar-refractivity contribution in [1.82, 2.24) is 10.3 Å². The van der Waals surface area contributed by atoms with Gasteiger partial charge in [-0.3, -0.25) is 10.1 Å². The van der Waals surface area contributed by atoms with E-state index in [1.165, 1.54) is 7.11 Å². The SMILES string of the molecule is CO[C@@H](C)C(=O)N1N=C(c2cc(F)ccc2F)SC1(CN=C(N)NC#N)c1ccccc1. The van der Waals surface area contributed by atoms with E-state index in [9.17, 15) is 13.6 Å². The van der Waals surface area contributed by atoms with Crippen LogP contribution in [0.1, 0.15) is 18.1 Å². The first-order chi connectivity index (χ1) is 15.3. The molecule has 1 unspecified atom stereocenters. The zero-order valence-electron chi connectivity index (χ0n) is 17.3. The Morgan fingerprint density at radius 3 is 2.75 bits per heavy atom. The van der Waals surface area contributed by atoms with Gasteiger partial charge < -0.3 is 10.5 Å². The minimum atomic E-state index is -1.29. The fraction of sp³-hybridized carbons (Fsp3) is 0.238. The quantitative estimate of drug-likeness (QED) is 0.297. The molecule has 1 heterocycles. The number of benzene rings is 2. The minimum absolute atomic E-state index is 0.0875. The van der Waals surface area contributed by atoms with E-state index < -0.39 is 28.5 Å². The van der Waals surface area contributed by atoms with E-state index in [2.05, 4.69) is 15.4 Å². The molecule has 0 saturated carbocycles. The molecule has 0 spiro atoms. The number of amides is 1. The van der Waals surface area contributed by atoms with Crippen LogP contribution >= 0.6 is 11.8 Å². The highest BCUT2D eigenvalue weighted by Gasteiger charge is 2.50. The van der Waals surface area contributed by atoms with Crippen molar-refractivity contribution in [1.29, 1.82) is 5.26 Å². The van der Waals surface area contributed by atoms with E-state index in [4.69, 9.17) is 15.7 Å². The number of rotatable bonds is 6. The molecule has 1 amide bonds. The molecule has 2 atom stereocenters. The van der Waals surface area contributed by atoms with Gasteiger partial charge in [-0.2, -0.15) is 10.4 Å². The van der Waals surface area contributed by atoms with E-state index in [0.717, 1.165) is 35.0 Å². The number of halogens is 2. The number of nitrogens with two attached hydrogens (primary N) is 1. The van der Waals surface area contributed by atoms with Crippen molar-refractivity contribution < 1.29 is 18.3 Å². The van der Waals surface area contributed by atoms with Gasteiger partial charge >= 0.3 is 0 Å². The fourth-order valence-electron chi connectivity index (χ4n) is 3.03. The van der Waals surface area contributed by atoms with E-state index >= 15 is 0 Å². The van der Waals surface area contributed by atoms with Crippen LogP contribution in [0, 0.1) is 23.1 Å². The number of nitrogens with one attached hydrogen (secondary N) is 1. The normalized spacial score (nSPS) is 19.3. The van der Waals surface area contributed by atoms with Crippen LogP contribution in [0.15, 0.2) is 58.6 Å². The summed E-state index contributed by atoms with van der Waals surface area (Å²) in [7, 11) is 1.37.